The quantitative estimate of drug-likeness (QED) is 0.641. The molecule has 4 N–H and O–H groups in total. The number of nitrogens with zero attached hydrogens (tertiary/aromatic N) is 3. The topological polar surface area (TPSA) is 96.3 Å². The Morgan fingerprint density at radius 3 is 3.00 bits per heavy atom. The van der Waals surface area contributed by atoms with Crippen LogP contribution >= 0.6 is 0 Å². The number of imidazole rings is 1. The van der Waals surface area contributed by atoms with E-state index in [-0.39, 0.29) is 6.04 Å². The van der Waals surface area contributed by atoms with Crippen molar-refractivity contribution >= 4 is 0 Å². The Hall–Kier alpha value is -1.69. The highest BCUT2D eigenvalue weighted by Gasteiger charge is 2.12. The molecule has 2 aromatic heterocycles. The van der Waals surface area contributed by atoms with Gasteiger partial charge >= 0.3 is 0 Å². The normalized spacial score (nSPS) is 13.0. The van der Waals surface area contributed by atoms with Crippen molar-refractivity contribution in [2.45, 2.75) is 19.4 Å². The first-order valence-corrected chi connectivity index (χ1v) is 4.37. The minimum absolute atomic E-state index is 0.194. The first kappa shape index (κ1) is 8.89. The van der Waals surface area contributed by atoms with Crippen molar-refractivity contribution in [1.82, 2.24) is 25.1 Å². The van der Waals surface area contributed by atoms with Crippen LogP contribution in [0.1, 0.15) is 23.4 Å². The summed E-state index contributed by atoms with van der Waals surface area (Å²) in [5, 5.41) is 6.76. The van der Waals surface area contributed by atoms with E-state index in [0.29, 0.717) is 12.2 Å². The number of nitrogens with two attached hydrogens (primary N) is 1. The van der Waals surface area contributed by atoms with Gasteiger partial charge in [-0.2, -0.15) is 5.10 Å². The van der Waals surface area contributed by atoms with E-state index in [2.05, 4.69) is 25.1 Å². The van der Waals surface area contributed by atoms with Crippen LogP contribution in [-0.2, 0) is 6.42 Å². The molecule has 0 amide bonds. The lowest BCUT2D eigenvalue weighted by molar-refractivity contribution is 0.662. The largest absolute Gasteiger partial charge is 0.348 e. The summed E-state index contributed by atoms with van der Waals surface area (Å²) in [7, 11) is 0. The number of rotatable bonds is 3. The highest BCUT2D eigenvalue weighted by molar-refractivity contribution is 5.03. The smallest absolute Gasteiger partial charge is 0.167 e. The molecule has 74 valence electrons. The van der Waals surface area contributed by atoms with Crippen LogP contribution in [0.4, 0.5) is 0 Å². The monoisotopic (exact) mass is 192 g/mol. The predicted octanol–water partition coefficient (Wildman–Crippen LogP) is 0.0787. The molecule has 6 nitrogen and oxygen atoms in total. The Bertz CT molecular complexity index is 390. The molecule has 2 heterocycles. The fourth-order valence-corrected chi connectivity index (χ4v) is 1.25. The number of aromatic amines is 2. The summed E-state index contributed by atoms with van der Waals surface area (Å²) in [6.45, 7) is 1.85. The van der Waals surface area contributed by atoms with Gasteiger partial charge < -0.3 is 10.7 Å². The molecular formula is C8H12N6. The number of nitrogens with one attached hydrogen (secondary N) is 2. The van der Waals surface area contributed by atoms with Gasteiger partial charge in [-0.05, 0) is 6.92 Å². The third-order valence-corrected chi connectivity index (χ3v) is 1.94. The molecule has 0 aliphatic rings. The van der Waals surface area contributed by atoms with Crippen molar-refractivity contribution in [3.8, 4) is 0 Å². The second-order valence-electron chi connectivity index (χ2n) is 3.17. The number of aromatic nitrogens is 5. The van der Waals surface area contributed by atoms with E-state index in [1.54, 1.807) is 12.5 Å². The number of hydrogen-bond donors (Lipinski definition) is 3. The van der Waals surface area contributed by atoms with Crippen LogP contribution in [0.25, 0.3) is 0 Å². The van der Waals surface area contributed by atoms with Crippen LogP contribution in [0.5, 0.6) is 0 Å². The third-order valence-electron chi connectivity index (χ3n) is 1.94. The third kappa shape index (κ3) is 1.80. The molecule has 14 heavy (non-hydrogen) atoms. The molecule has 0 spiro atoms. The zero-order chi connectivity index (χ0) is 9.97. The van der Waals surface area contributed by atoms with Crippen LogP contribution in [0, 0.1) is 6.92 Å². The molecule has 1 unspecified atom stereocenters. The Balaban J connectivity index is 2.06. The molecule has 2 rings (SSSR count). The van der Waals surface area contributed by atoms with E-state index in [9.17, 15) is 0 Å². The predicted molar refractivity (Wildman–Crippen MR) is 50.3 cm³/mol. The number of H-pyrrole nitrogens is 2. The van der Waals surface area contributed by atoms with Gasteiger partial charge in [0.1, 0.15) is 5.82 Å². The van der Waals surface area contributed by atoms with Crippen LogP contribution in [0.2, 0.25) is 0 Å². The fraction of sp³-hybridized carbons (Fsp3) is 0.375. The van der Waals surface area contributed by atoms with Crippen molar-refractivity contribution in [1.29, 1.82) is 0 Å². The molecular weight excluding hydrogens is 180 g/mol. The molecule has 0 saturated heterocycles. The van der Waals surface area contributed by atoms with Crippen LogP contribution in [-0.4, -0.2) is 25.1 Å². The van der Waals surface area contributed by atoms with Crippen molar-refractivity contribution in [3.63, 3.8) is 0 Å². The van der Waals surface area contributed by atoms with Gasteiger partial charge in [0.2, 0.25) is 0 Å². The van der Waals surface area contributed by atoms with Crippen molar-refractivity contribution < 1.29 is 0 Å². The standard InChI is InChI=1S/C8H12N6/c1-5-12-8(14-13-5)7(9)2-6-3-10-4-11-6/h3-4,7H,2,9H2,1H3,(H,10,11)(H,12,13,14). The minimum atomic E-state index is -0.194. The Morgan fingerprint density at radius 1 is 1.57 bits per heavy atom. The highest BCUT2D eigenvalue weighted by atomic mass is 15.2. The Morgan fingerprint density at radius 2 is 2.43 bits per heavy atom. The summed E-state index contributed by atoms with van der Waals surface area (Å²) >= 11 is 0. The van der Waals surface area contributed by atoms with Crippen molar-refractivity contribution in [2.24, 2.45) is 5.73 Å². The molecule has 0 aliphatic heterocycles. The van der Waals surface area contributed by atoms with Gasteiger partial charge in [-0.15, -0.1) is 0 Å². The molecule has 1 atom stereocenters. The maximum absolute atomic E-state index is 5.91. The maximum atomic E-state index is 5.91. The van der Waals surface area contributed by atoms with Gasteiger partial charge in [0.05, 0.1) is 12.4 Å². The average molecular weight is 192 g/mol. The van der Waals surface area contributed by atoms with Crippen LogP contribution in [0.15, 0.2) is 12.5 Å². The first-order valence-electron chi connectivity index (χ1n) is 4.37. The SMILES string of the molecule is Cc1nc(C(N)Cc2cnc[nH]2)n[nH]1. The van der Waals surface area contributed by atoms with E-state index < -0.39 is 0 Å². The summed E-state index contributed by atoms with van der Waals surface area (Å²) in [6, 6.07) is -0.194. The molecule has 0 radical (unpaired) electrons. The lowest BCUT2D eigenvalue weighted by Gasteiger charge is -2.04. The average Bonchev–Trinajstić information content (AvgIpc) is 2.75. The van der Waals surface area contributed by atoms with Gasteiger partial charge in [0, 0.05) is 18.3 Å². The summed E-state index contributed by atoms with van der Waals surface area (Å²) in [5.41, 5.74) is 6.89. The number of aryl methyl sites for hydroxylation is 1. The maximum Gasteiger partial charge on any atom is 0.167 e. The molecule has 6 heteroatoms. The van der Waals surface area contributed by atoms with Crippen molar-refractivity contribution in [2.75, 3.05) is 0 Å². The van der Waals surface area contributed by atoms with E-state index in [0.717, 1.165) is 11.5 Å². The van der Waals surface area contributed by atoms with Crippen molar-refractivity contribution in [3.05, 3.63) is 29.9 Å². The lowest BCUT2D eigenvalue weighted by atomic mass is 10.2. The van der Waals surface area contributed by atoms with E-state index in [1.165, 1.54) is 0 Å². The zero-order valence-corrected chi connectivity index (χ0v) is 7.86. The molecule has 0 aliphatic carbocycles. The van der Waals surface area contributed by atoms with Gasteiger partial charge in [-0.1, -0.05) is 0 Å². The van der Waals surface area contributed by atoms with E-state index in [1.807, 2.05) is 6.92 Å². The zero-order valence-electron chi connectivity index (χ0n) is 7.86. The summed E-state index contributed by atoms with van der Waals surface area (Å²) in [4.78, 5) is 11.1. The van der Waals surface area contributed by atoms with Crippen LogP contribution < -0.4 is 5.73 Å². The first-order chi connectivity index (χ1) is 6.75. The van der Waals surface area contributed by atoms with Gasteiger partial charge in [-0.3, -0.25) is 5.10 Å². The summed E-state index contributed by atoms with van der Waals surface area (Å²) < 4.78 is 0. The minimum Gasteiger partial charge on any atom is -0.348 e. The molecule has 0 aromatic carbocycles. The van der Waals surface area contributed by atoms with E-state index >= 15 is 0 Å². The molecule has 0 fully saturated rings. The number of hydrogen-bond acceptors (Lipinski definition) is 4. The van der Waals surface area contributed by atoms with Gasteiger partial charge in [-0.25, -0.2) is 9.97 Å². The Labute approximate surface area is 81.0 Å². The van der Waals surface area contributed by atoms with Gasteiger partial charge in [0.25, 0.3) is 0 Å². The molecule has 0 saturated carbocycles. The fourth-order valence-electron chi connectivity index (χ4n) is 1.25. The van der Waals surface area contributed by atoms with Gasteiger partial charge in [0.15, 0.2) is 5.82 Å². The molecule has 0 bridgehead atoms. The van der Waals surface area contributed by atoms with Crippen LogP contribution in [0.3, 0.4) is 0 Å². The lowest BCUT2D eigenvalue weighted by Crippen LogP contribution is -2.15. The highest BCUT2D eigenvalue weighted by Crippen LogP contribution is 2.09. The Kier molecular flexibility index (Phi) is 2.28. The van der Waals surface area contributed by atoms with E-state index in [4.69, 9.17) is 5.73 Å². The second-order valence-corrected chi connectivity index (χ2v) is 3.17. The summed E-state index contributed by atoms with van der Waals surface area (Å²) in [5.74, 6) is 1.41. The second kappa shape index (κ2) is 3.59. The summed E-state index contributed by atoms with van der Waals surface area (Å²) in [6.07, 6.45) is 4.04. The molecule has 2 aromatic rings.